The molecule has 3 N–H and O–H groups in total. The number of benzene rings is 2. The first-order valence-corrected chi connectivity index (χ1v) is 10.7. The van der Waals surface area contributed by atoms with Gasteiger partial charge in [-0.1, -0.05) is 36.4 Å². The smallest absolute Gasteiger partial charge is 0.269 e. The molecule has 1 heterocycles. The van der Waals surface area contributed by atoms with Crippen LogP contribution in [-0.4, -0.2) is 31.4 Å². The van der Waals surface area contributed by atoms with Crippen molar-refractivity contribution in [3.63, 3.8) is 0 Å². The summed E-state index contributed by atoms with van der Waals surface area (Å²) in [7, 11) is 1.47. The number of carbonyl (C=O) groups excluding carboxylic acids is 3. The molecule has 0 fully saturated rings. The van der Waals surface area contributed by atoms with E-state index in [2.05, 4.69) is 16.2 Å². The fourth-order valence-corrected chi connectivity index (χ4v) is 3.53. The Balaban J connectivity index is 1.70. The predicted octanol–water partition coefficient (Wildman–Crippen LogP) is 3.09. The first-order chi connectivity index (χ1) is 15.5. The average molecular weight is 454 g/mol. The molecule has 1 unspecified atom stereocenters. The number of hydrogen-bond acceptors (Lipinski definition) is 6. The molecule has 0 aliphatic rings. The number of amides is 3. The Labute approximate surface area is 189 Å². The second kappa shape index (κ2) is 11.0. The minimum absolute atomic E-state index is 0.268. The zero-order valence-corrected chi connectivity index (χ0v) is 18.4. The highest BCUT2D eigenvalue weighted by Gasteiger charge is 2.24. The van der Waals surface area contributed by atoms with E-state index in [0.29, 0.717) is 28.5 Å². The van der Waals surface area contributed by atoms with Gasteiger partial charge >= 0.3 is 0 Å². The van der Waals surface area contributed by atoms with Gasteiger partial charge in [-0.25, -0.2) is 0 Å². The Morgan fingerprint density at radius 3 is 2.38 bits per heavy atom. The van der Waals surface area contributed by atoms with Crippen molar-refractivity contribution in [2.75, 3.05) is 13.7 Å². The highest BCUT2D eigenvalue weighted by molar-refractivity contribution is 7.12. The van der Waals surface area contributed by atoms with Crippen LogP contribution in [0.2, 0.25) is 0 Å². The second-order valence-corrected chi connectivity index (χ2v) is 7.48. The molecule has 0 aliphatic heterocycles. The average Bonchev–Trinajstić information content (AvgIpc) is 3.37. The largest absolute Gasteiger partial charge is 0.493 e. The molecule has 166 valence electrons. The first-order valence-electron chi connectivity index (χ1n) is 9.83. The van der Waals surface area contributed by atoms with Crippen molar-refractivity contribution in [3.8, 4) is 11.5 Å². The molecule has 9 heteroatoms. The van der Waals surface area contributed by atoms with Crippen LogP contribution in [0.5, 0.6) is 11.5 Å². The van der Waals surface area contributed by atoms with E-state index in [1.165, 1.54) is 24.5 Å². The Kier molecular flexibility index (Phi) is 7.82. The molecule has 1 aromatic heterocycles. The highest BCUT2D eigenvalue weighted by Crippen LogP contribution is 2.28. The second-order valence-electron chi connectivity index (χ2n) is 6.54. The van der Waals surface area contributed by atoms with Gasteiger partial charge in [-0.15, -0.1) is 11.3 Å². The maximum absolute atomic E-state index is 12.9. The third kappa shape index (κ3) is 5.64. The molecule has 3 rings (SSSR count). The molecule has 8 nitrogen and oxygen atoms in total. The maximum Gasteiger partial charge on any atom is 0.269 e. The fourth-order valence-electron chi connectivity index (χ4n) is 2.90. The third-order valence-electron chi connectivity index (χ3n) is 4.44. The lowest BCUT2D eigenvalue weighted by Crippen LogP contribution is -2.48. The lowest BCUT2D eigenvalue weighted by atomic mass is 10.1. The number of carbonyl (C=O) groups is 3. The van der Waals surface area contributed by atoms with Gasteiger partial charge in [0.2, 0.25) is 0 Å². The number of nitrogens with one attached hydrogen (secondary N) is 3. The molecule has 1 atom stereocenters. The number of rotatable bonds is 8. The van der Waals surface area contributed by atoms with Crippen LogP contribution in [0.25, 0.3) is 0 Å². The van der Waals surface area contributed by atoms with Crippen molar-refractivity contribution in [2.24, 2.45) is 0 Å². The summed E-state index contributed by atoms with van der Waals surface area (Å²) in [6, 6.07) is 15.9. The normalized spacial score (nSPS) is 11.2. The van der Waals surface area contributed by atoms with Gasteiger partial charge in [0.15, 0.2) is 11.5 Å². The first kappa shape index (κ1) is 22.8. The van der Waals surface area contributed by atoms with E-state index in [0.717, 1.165) is 0 Å². The zero-order chi connectivity index (χ0) is 22.9. The highest BCUT2D eigenvalue weighted by atomic mass is 32.1. The van der Waals surface area contributed by atoms with E-state index < -0.39 is 17.9 Å². The monoisotopic (exact) mass is 453 g/mol. The summed E-state index contributed by atoms with van der Waals surface area (Å²) in [6.45, 7) is 2.30. The van der Waals surface area contributed by atoms with Crippen LogP contribution in [0.1, 0.15) is 38.6 Å². The summed E-state index contributed by atoms with van der Waals surface area (Å²) < 4.78 is 10.7. The number of hydrazine groups is 1. The minimum atomic E-state index is -0.999. The lowest BCUT2D eigenvalue weighted by molar-refractivity contribution is -0.123. The van der Waals surface area contributed by atoms with Crippen molar-refractivity contribution >= 4 is 29.1 Å². The molecule has 3 amide bonds. The molecule has 0 bridgehead atoms. The van der Waals surface area contributed by atoms with Crippen LogP contribution in [0.15, 0.2) is 66.0 Å². The van der Waals surface area contributed by atoms with Gasteiger partial charge in [-0.3, -0.25) is 25.2 Å². The van der Waals surface area contributed by atoms with Crippen molar-refractivity contribution in [1.82, 2.24) is 16.2 Å². The van der Waals surface area contributed by atoms with Crippen molar-refractivity contribution in [3.05, 3.63) is 82.0 Å². The van der Waals surface area contributed by atoms with E-state index in [4.69, 9.17) is 9.47 Å². The maximum atomic E-state index is 12.9. The van der Waals surface area contributed by atoms with Gasteiger partial charge < -0.3 is 14.8 Å². The quantitative estimate of drug-likeness (QED) is 0.455. The van der Waals surface area contributed by atoms with E-state index in [1.54, 1.807) is 60.0 Å². The number of hydrogen-bond donors (Lipinski definition) is 3. The lowest BCUT2D eigenvalue weighted by Gasteiger charge is -2.19. The van der Waals surface area contributed by atoms with Gasteiger partial charge in [-0.2, -0.15) is 0 Å². The molecule has 0 radical (unpaired) electrons. The summed E-state index contributed by atoms with van der Waals surface area (Å²) in [6.07, 6.45) is 0. The molecule has 32 heavy (non-hydrogen) atoms. The van der Waals surface area contributed by atoms with Crippen LogP contribution in [0.4, 0.5) is 0 Å². The van der Waals surface area contributed by atoms with Gasteiger partial charge in [0.1, 0.15) is 6.04 Å². The fraction of sp³-hybridized carbons (Fsp3) is 0.174. The summed E-state index contributed by atoms with van der Waals surface area (Å²) in [5.41, 5.74) is 5.61. The molecule has 0 spiro atoms. The van der Waals surface area contributed by atoms with Crippen LogP contribution in [0.3, 0.4) is 0 Å². The van der Waals surface area contributed by atoms with Gasteiger partial charge in [0, 0.05) is 5.56 Å². The van der Waals surface area contributed by atoms with Crippen molar-refractivity contribution in [2.45, 2.75) is 13.0 Å². The summed E-state index contributed by atoms with van der Waals surface area (Å²) in [5.74, 6) is -0.609. The van der Waals surface area contributed by atoms with Crippen molar-refractivity contribution in [1.29, 1.82) is 0 Å². The van der Waals surface area contributed by atoms with Crippen molar-refractivity contribution < 1.29 is 23.9 Å². The van der Waals surface area contributed by atoms with Crippen LogP contribution in [0, 0.1) is 0 Å². The number of ether oxygens (including phenoxy) is 2. The van der Waals surface area contributed by atoms with Crippen LogP contribution < -0.4 is 25.6 Å². The number of methoxy groups -OCH3 is 1. The van der Waals surface area contributed by atoms with Crippen LogP contribution >= 0.6 is 11.3 Å². The summed E-state index contributed by atoms with van der Waals surface area (Å²) in [5, 5.41) is 4.49. The van der Waals surface area contributed by atoms with Gasteiger partial charge in [-0.05, 0) is 42.1 Å². The SMILES string of the molecule is CCOc1ccc(C(=O)NNC(=O)C(NC(=O)c2cccs2)c2ccccc2)cc1OC. The Morgan fingerprint density at radius 2 is 1.72 bits per heavy atom. The van der Waals surface area contributed by atoms with Crippen LogP contribution in [-0.2, 0) is 4.79 Å². The van der Waals surface area contributed by atoms with Gasteiger partial charge in [0.25, 0.3) is 17.7 Å². The van der Waals surface area contributed by atoms with E-state index >= 15 is 0 Å². The molecule has 0 aliphatic carbocycles. The van der Waals surface area contributed by atoms with Gasteiger partial charge in [0.05, 0.1) is 18.6 Å². The molecule has 0 saturated heterocycles. The topological polar surface area (TPSA) is 106 Å². The molecular weight excluding hydrogens is 430 g/mol. The van der Waals surface area contributed by atoms with E-state index in [-0.39, 0.29) is 11.5 Å². The number of thiophene rings is 1. The zero-order valence-electron chi connectivity index (χ0n) is 17.6. The third-order valence-corrected chi connectivity index (χ3v) is 5.31. The Morgan fingerprint density at radius 1 is 0.938 bits per heavy atom. The summed E-state index contributed by atoms with van der Waals surface area (Å²) in [4.78, 5) is 38.4. The molecular formula is C23H23N3O5S. The molecule has 2 aromatic carbocycles. The summed E-state index contributed by atoms with van der Waals surface area (Å²) >= 11 is 1.27. The standard InChI is InChI=1S/C23H23N3O5S/c1-3-31-17-12-11-16(14-18(17)30-2)21(27)25-26-23(29)20(15-8-5-4-6-9-15)24-22(28)19-10-7-13-32-19/h4-14,20H,3H2,1-2H3,(H,24,28)(H,25,27)(H,26,29). The predicted molar refractivity (Wildman–Crippen MR) is 121 cm³/mol. The Hall–Kier alpha value is -3.85. The Bertz CT molecular complexity index is 1070. The minimum Gasteiger partial charge on any atom is -0.493 e. The molecule has 0 saturated carbocycles. The van der Waals surface area contributed by atoms with E-state index in [1.807, 2.05) is 6.92 Å². The molecule has 3 aromatic rings. The van der Waals surface area contributed by atoms with E-state index in [9.17, 15) is 14.4 Å².